The standard InChI is InChI=1S/C18H29NS/c1-4-5-8-11-18(2,3)14-19-13-16-12-15-9-6-7-10-17(15)20-16/h6-7,9-10,16,19H,4-5,8,11-14H2,1-3H3. The van der Waals surface area contributed by atoms with Gasteiger partial charge >= 0.3 is 0 Å². The van der Waals surface area contributed by atoms with Crippen molar-refractivity contribution < 1.29 is 0 Å². The highest BCUT2D eigenvalue weighted by Crippen LogP contribution is 2.36. The van der Waals surface area contributed by atoms with Crippen molar-refractivity contribution in [1.29, 1.82) is 0 Å². The molecule has 1 aromatic rings. The Labute approximate surface area is 128 Å². The largest absolute Gasteiger partial charge is 0.315 e. The van der Waals surface area contributed by atoms with E-state index in [1.807, 2.05) is 11.8 Å². The Morgan fingerprint density at radius 1 is 1.25 bits per heavy atom. The fourth-order valence-electron chi connectivity index (χ4n) is 2.88. The molecule has 1 atom stereocenters. The highest BCUT2D eigenvalue weighted by molar-refractivity contribution is 8.00. The van der Waals surface area contributed by atoms with Crippen LogP contribution in [0.25, 0.3) is 0 Å². The van der Waals surface area contributed by atoms with E-state index in [9.17, 15) is 0 Å². The second-order valence-corrected chi connectivity index (χ2v) is 8.15. The third-order valence-electron chi connectivity index (χ3n) is 4.15. The van der Waals surface area contributed by atoms with Gasteiger partial charge in [-0.1, -0.05) is 58.2 Å². The molecule has 0 saturated heterocycles. The molecule has 1 unspecified atom stereocenters. The molecule has 0 amide bonds. The molecule has 1 aromatic carbocycles. The Hall–Kier alpha value is -0.470. The number of nitrogens with one attached hydrogen (secondary N) is 1. The lowest BCUT2D eigenvalue weighted by Crippen LogP contribution is -2.33. The Bertz CT molecular complexity index is 389. The first-order valence-corrected chi connectivity index (χ1v) is 8.94. The summed E-state index contributed by atoms with van der Waals surface area (Å²) in [5.41, 5.74) is 1.97. The van der Waals surface area contributed by atoms with E-state index >= 15 is 0 Å². The molecule has 0 fully saturated rings. The van der Waals surface area contributed by atoms with Gasteiger partial charge in [-0.3, -0.25) is 0 Å². The van der Waals surface area contributed by atoms with Gasteiger partial charge in [0.2, 0.25) is 0 Å². The van der Waals surface area contributed by atoms with Gasteiger partial charge in [-0.15, -0.1) is 11.8 Å². The van der Waals surface area contributed by atoms with Crippen molar-refractivity contribution in [3.63, 3.8) is 0 Å². The highest BCUT2D eigenvalue weighted by Gasteiger charge is 2.23. The average Bonchev–Trinajstić information content (AvgIpc) is 2.81. The second kappa shape index (κ2) is 7.51. The number of hydrogen-bond acceptors (Lipinski definition) is 2. The van der Waals surface area contributed by atoms with E-state index in [0.717, 1.165) is 18.3 Å². The minimum Gasteiger partial charge on any atom is -0.315 e. The van der Waals surface area contributed by atoms with Gasteiger partial charge in [0.1, 0.15) is 0 Å². The SMILES string of the molecule is CCCCCC(C)(C)CNCC1Cc2ccccc2S1. The van der Waals surface area contributed by atoms with E-state index in [1.165, 1.54) is 42.6 Å². The quantitative estimate of drug-likeness (QED) is 0.684. The molecular formula is C18H29NS. The normalized spacial score (nSPS) is 18.2. The first-order valence-electron chi connectivity index (χ1n) is 8.06. The Balaban J connectivity index is 1.67. The van der Waals surface area contributed by atoms with Crippen LogP contribution in [0, 0.1) is 5.41 Å². The minimum absolute atomic E-state index is 0.436. The van der Waals surface area contributed by atoms with Crippen molar-refractivity contribution >= 4 is 11.8 Å². The van der Waals surface area contributed by atoms with Crippen molar-refractivity contribution in [1.82, 2.24) is 5.32 Å². The van der Waals surface area contributed by atoms with Crippen LogP contribution in [0.4, 0.5) is 0 Å². The smallest absolute Gasteiger partial charge is 0.0260 e. The second-order valence-electron chi connectivity index (χ2n) is 6.80. The lowest BCUT2D eigenvalue weighted by atomic mass is 9.87. The summed E-state index contributed by atoms with van der Waals surface area (Å²) in [6.45, 7) is 9.35. The van der Waals surface area contributed by atoms with Gasteiger partial charge in [-0.25, -0.2) is 0 Å². The predicted octanol–water partition coefficient (Wildman–Crippen LogP) is 4.90. The monoisotopic (exact) mass is 291 g/mol. The van der Waals surface area contributed by atoms with E-state index in [4.69, 9.17) is 0 Å². The van der Waals surface area contributed by atoms with Crippen LogP contribution in [-0.2, 0) is 6.42 Å². The molecule has 1 N–H and O–H groups in total. The molecule has 1 nitrogen and oxygen atoms in total. The fraction of sp³-hybridized carbons (Fsp3) is 0.667. The highest BCUT2D eigenvalue weighted by atomic mass is 32.2. The molecule has 112 valence electrons. The predicted molar refractivity (Wildman–Crippen MR) is 90.6 cm³/mol. The van der Waals surface area contributed by atoms with Crippen molar-refractivity contribution in [2.45, 2.75) is 63.0 Å². The Kier molecular flexibility index (Phi) is 5.98. The van der Waals surface area contributed by atoms with Crippen molar-refractivity contribution in [2.75, 3.05) is 13.1 Å². The average molecular weight is 292 g/mol. The third kappa shape index (κ3) is 4.82. The molecule has 0 saturated carbocycles. The summed E-state index contributed by atoms with van der Waals surface area (Å²) in [7, 11) is 0. The van der Waals surface area contributed by atoms with Crippen LogP contribution >= 0.6 is 11.8 Å². The molecule has 2 heteroatoms. The topological polar surface area (TPSA) is 12.0 Å². The summed E-state index contributed by atoms with van der Waals surface area (Å²) in [6.07, 6.45) is 6.63. The Morgan fingerprint density at radius 3 is 2.80 bits per heavy atom. The molecule has 0 aliphatic carbocycles. The van der Waals surface area contributed by atoms with Gasteiger partial charge in [0, 0.05) is 23.2 Å². The van der Waals surface area contributed by atoms with Gasteiger partial charge in [0.05, 0.1) is 0 Å². The molecular weight excluding hydrogens is 262 g/mol. The molecule has 2 rings (SSSR count). The summed E-state index contributed by atoms with van der Waals surface area (Å²) >= 11 is 2.05. The van der Waals surface area contributed by atoms with E-state index < -0.39 is 0 Å². The number of hydrogen-bond donors (Lipinski definition) is 1. The maximum absolute atomic E-state index is 3.71. The van der Waals surface area contributed by atoms with Crippen molar-refractivity contribution in [3.05, 3.63) is 29.8 Å². The maximum atomic E-state index is 3.71. The van der Waals surface area contributed by atoms with Crippen LogP contribution < -0.4 is 5.32 Å². The zero-order valence-electron chi connectivity index (χ0n) is 13.2. The summed E-state index contributed by atoms with van der Waals surface area (Å²) in [4.78, 5) is 1.49. The summed E-state index contributed by atoms with van der Waals surface area (Å²) < 4.78 is 0. The van der Waals surface area contributed by atoms with E-state index in [-0.39, 0.29) is 0 Å². The molecule has 1 heterocycles. The molecule has 1 aliphatic heterocycles. The fourth-order valence-corrected chi connectivity index (χ4v) is 4.16. The van der Waals surface area contributed by atoms with Crippen LogP contribution in [0.2, 0.25) is 0 Å². The Morgan fingerprint density at radius 2 is 2.05 bits per heavy atom. The first kappa shape index (κ1) is 15.9. The van der Waals surface area contributed by atoms with E-state index in [2.05, 4.69) is 50.4 Å². The number of rotatable bonds is 8. The molecule has 0 aromatic heterocycles. The summed E-state index contributed by atoms with van der Waals surface area (Å²) in [5, 5.41) is 4.43. The zero-order valence-corrected chi connectivity index (χ0v) is 14.1. The van der Waals surface area contributed by atoms with Gasteiger partial charge in [0.25, 0.3) is 0 Å². The summed E-state index contributed by atoms with van der Waals surface area (Å²) in [5.74, 6) is 0. The molecule has 0 bridgehead atoms. The minimum atomic E-state index is 0.436. The van der Waals surface area contributed by atoms with Gasteiger partial charge in [0.15, 0.2) is 0 Å². The van der Waals surface area contributed by atoms with Crippen LogP contribution in [0.1, 0.15) is 52.0 Å². The van der Waals surface area contributed by atoms with Gasteiger partial charge < -0.3 is 5.32 Å². The maximum Gasteiger partial charge on any atom is 0.0260 e. The van der Waals surface area contributed by atoms with E-state index in [1.54, 1.807) is 0 Å². The van der Waals surface area contributed by atoms with E-state index in [0.29, 0.717) is 5.41 Å². The van der Waals surface area contributed by atoms with Crippen LogP contribution in [0.3, 0.4) is 0 Å². The lowest BCUT2D eigenvalue weighted by molar-refractivity contribution is 0.303. The van der Waals surface area contributed by atoms with Crippen molar-refractivity contribution in [2.24, 2.45) is 5.41 Å². The molecule has 1 aliphatic rings. The number of fused-ring (bicyclic) bond motifs is 1. The van der Waals surface area contributed by atoms with Gasteiger partial charge in [-0.2, -0.15) is 0 Å². The lowest BCUT2D eigenvalue weighted by Gasteiger charge is -2.25. The first-order chi connectivity index (χ1) is 9.61. The number of unbranched alkanes of at least 4 members (excludes halogenated alkanes) is 2. The number of benzene rings is 1. The van der Waals surface area contributed by atoms with Crippen LogP contribution in [0.15, 0.2) is 29.2 Å². The van der Waals surface area contributed by atoms with Crippen molar-refractivity contribution in [3.8, 4) is 0 Å². The molecule has 0 radical (unpaired) electrons. The number of thioether (sulfide) groups is 1. The van der Waals surface area contributed by atoms with Crippen LogP contribution in [0.5, 0.6) is 0 Å². The molecule has 20 heavy (non-hydrogen) atoms. The third-order valence-corrected chi connectivity index (χ3v) is 5.47. The van der Waals surface area contributed by atoms with Gasteiger partial charge in [-0.05, 0) is 29.9 Å². The molecule has 0 spiro atoms. The summed E-state index contributed by atoms with van der Waals surface area (Å²) in [6, 6.07) is 8.84. The zero-order chi connectivity index (χ0) is 14.4. The van der Waals surface area contributed by atoms with Crippen LogP contribution in [-0.4, -0.2) is 18.3 Å².